The monoisotopic (exact) mass is 362 g/mol. The van der Waals surface area contributed by atoms with Crippen molar-refractivity contribution in [3.05, 3.63) is 78.4 Å². The SMILES string of the molecule is CN(C)CC(=O)N(Cc1cccc(-c2ccccc2)c1)Cc1nccn1C. The van der Waals surface area contributed by atoms with Crippen molar-refractivity contribution in [3.63, 3.8) is 0 Å². The maximum absolute atomic E-state index is 12.8. The maximum atomic E-state index is 12.8. The second-order valence-corrected chi connectivity index (χ2v) is 7.01. The number of nitrogens with zero attached hydrogens (tertiary/aromatic N) is 4. The van der Waals surface area contributed by atoms with Gasteiger partial charge in [0.15, 0.2) is 0 Å². The van der Waals surface area contributed by atoms with E-state index in [4.69, 9.17) is 0 Å². The van der Waals surface area contributed by atoms with Crippen molar-refractivity contribution >= 4 is 5.91 Å². The molecule has 3 aromatic rings. The number of imidazole rings is 1. The van der Waals surface area contributed by atoms with Gasteiger partial charge in [0.25, 0.3) is 0 Å². The predicted octanol–water partition coefficient (Wildman–Crippen LogP) is 3.18. The Kier molecular flexibility index (Phi) is 6.04. The van der Waals surface area contributed by atoms with Crippen LogP contribution in [0.2, 0.25) is 0 Å². The molecule has 3 rings (SSSR count). The van der Waals surface area contributed by atoms with Gasteiger partial charge in [0.2, 0.25) is 5.91 Å². The van der Waals surface area contributed by atoms with E-state index in [-0.39, 0.29) is 5.91 Å². The average molecular weight is 362 g/mol. The van der Waals surface area contributed by atoms with E-state index < -0.39 is 0 Å². The fraction of sp³-hybridized carbons (Fsp3) is 0.273. The molecule has 1 heterocycles. The van der Waals surface area contributed by atoms with Gasteiger partial charge >= 0.3 is 0 Å². The van der Waals surface area contributed by atoms with E-state index in [0.29, 0.717) is 19.6 Å². The molecule has 5 nitrogen and oxygen atoms in total. The van der Waals surface area contributed by atoms with Gasteiger partial charge in [-0.15, -0.1) is 0 Å². The zero-order valence-corrected chi connectivity index (χ0v) is 16.2. The van der Waals surface area contributed by atoms with Crippen LogP contribution in [0, 0.1) is 0 Å². The summed E-state index contributed by atoms with van der Waals surface area (Å²) in [5.41, 5.74) is 3.44. The molecule has 140 valence electrons. The van der Waals surface area contributed by atoms with Crippen molar-refractivity contribution in [2.24, 2.45) is 7.05 Å². The van der Waals surface area contributed by atoms with E-state index in [0.717, 1.165) is 17.0 Å². The number of hydrogen-bond donors (Lipinski definition) is 0. The Bertz CT molecular complexity index is 886. The van der Waals surface area contributed by atoms with Gasteiger partial charge in [-0.3, -0.25) is 4.79 Å². The van der Waals surface area contributed by atoms with Crippen LogP contribution in [0.25, 0.3) is 11.1 Å². The van der Waals surface area contributed by atoms with Crippen LogP contribution in [0.1, 0.15) is 11.4 Å². The second kappa shape index (κ2) is 8.64. The first-order chi connectivity index (χ1) is 13.0. The normalized spacial score (nSPS) is 11.0. The number of amides is 1. The Morgan fingerprint density at radius 1 is 1.00 bits per heavy atom. The molecule has 0 spiro atoms. The molecule has 2 aromatic carbocycles. The van der Waals surface area contributed by atoms with Crippen molar-refractivity contribution in [2.75, 3.05) is 20.6 Å². The minimum absolute atomic E-state index is 0.0908. The number of likely N-dealkylation sites (N-methyl/N-ethyl adjacent to an activating group) is 1. The van der Waals surface area contributed by atoms with Crippen LogP contribution in [0.3, 0.4) is 0 Å². The quantitative estimate of drug-likeness (QED) is 0.648. The van der Waals surface area contributed by atoms with Crippen LogP contribution in [-0.4, -0.2) is 45.9 Å². The van der Waals surface area contributed by atoms with E-state index in [1.165, 1.54) is 5.56 Å². The van der Waals surface area contributed by atoms with Gasteiger partial charge in [0.1, 0.15) is 5.82 Å². The maximum Gasteiger partial charge on any atom is 0.237 e. The average Bonchev–Trinajstić information content (AvgIpc) is 3.06. The lowest BCUT2D eigenvalue weighted by Gasteiger charge is -2.24. The zero-order valence-electron chi connectivity index (χ0n) is 16.2. The third-order valence-corrected chi connectivity index (χ3v) is 4.46. The molecular weight excluding hydrogens is 336 g/mol. The van der Waals surface area contributed by atoms with Gasteiger partial charge in [-0.25, -0.2) is 4.98 Å². The number of carbonyl (C=O) groups excluding carboxylic acids is 1. The summed E-state index contributed by atoms with van der Waals surface area (Å²) in [6, 6.07) is 18.7. The smallest absolute Gasteiger partial charge is 0.237 e. The highest BCUT2D eigenvalue weighted by Gasteiger charge is 2.17. The Morgan fingerprint density at radius 3 is 2.41 bits per heavy atom. The molecule has 0 unspecified atom stereocenters. The zero-order chi connectivity index (χ0) is 19.2. The number of aryl methyl sites for hydroxylation is 1. The minimum Gasteiger partial charge on any atom is -0.337 e. The Labute approximate surface area is 160 Å². The van der Waals surface area contributed by atoms with Crippen LogP contribution in [-0.2, 0) is 24.9 Å². The highest BCUT2D eigenvalue weighted by atomic mass is 16.2. The minimum atomic E-state index is 0.0908. The van der Waals surface area contributed by atoms with E-state index in [2.05, 4.69) is 35.3 Å². The summed E-state index contributed by atoms with van der Waals surface area (Å²) < 4.78 is 1.95. The summed E-state index contributed by atoms with van der Waals surface area (Å²) >= 11 is 0. The number of benzene rings is 2. The van der Waals surface area contributed by atoms with Gasteiger partial charge in [0.05, 0.1) is 13.1 Å². The lowest BCUT2D eigenvalue weighted by molar-refractivity contribution is -0.133. The van der Waals surface area contributed by atoms with Gasteiger partial charge in [-0.1, -0.05) is 48.5 Å². The van der Waals surface area contributed by atoms with E-state index in [9.17, 15) is 4.79 Å². The molecule has 27 heavy (non-hydrogen) atoms. The second-order valence-electron chi connectivity index (χ2n) is 7.01. The van der Waals surface area contributed by atoms with Crippen molar-refractivity contribution in [1.29, 1.82) is 0 Å². The lowest BCUT2D eigenvalue weighted by Crippen LogP contribution is -2.37. The Hall–Kier alpha value is -2.92. The van der Waals surface area contributed by atoms with Crippen LogP contribution in [0.4, 0.5) is 0 Å². The number of hydrogen-bond acceptors (Lipinski definition) is 3. The molecule has 0 saturated heterocycles. The van der Waals surface area contributed by atoms with Crippen molar-refractivity contribution in [2.45, 2.75) is 13.1 Å². The van der Waals surface area contributed by atoms with E-state index in [1.807, 2.05) is 66.0 Å². The third-order valence-electron chi connectivity index (χ3n) is 4.46. The van der Waals surface area contributed by atoms with Crippen LogP contribution in [0.15, 0.2) is 67.0 Å². The topological polar surface area (TPSA) is 41.4 Å². The third kappa shape index (κ3) is 5.05. The Balaban J connectivity index is 1.83. The number of carbonyl (C=O) groups is 1. The van der Waals surface area contributed by atoms with Crippen LogP contribution < -0.4 is 0 Å². The molecule has 0 N–H and O–H groups in total. The van der Waals surface area contributed by atoms with Crippen LogP contribution in [0.5, 0.6) is 0 Å². The molecule has 0 bridgehead atoms. The first-order valence-corrected chi connectivity index (χ1v) is 9.06. The van der Waals surface area contributed by atoms with Gasteiger partial charge in [0, 0.05) is 26.0 Å². The summed E-state index contributed by atoms with van der Waals surface area (Å²) in [6.45, 7) is 1.43. The Morgan fingerprint density at radius 2 is 1.74 bits per heavy atom. The fourth-order valence-electron chi connectivity index (χ4n) is 3.02. The van der Waals surface area contributed by atoms with Gasteiger partial charge < -0.3 is 14.4 Å². The molecule has 1 amide bonds. The molecule has 0 fully saturated rings. The molecule has 0 aliphatic rings. The van der Waals surface area contributed by atoms with Crippen molar-refractivity contribution in [3.8, 4) is 11.1 Å². The predicted molar refractivity (Wildman–Crippen MR) is 108 cm³/mol. The summed E-state index contributed by atoms with van der Waals surface area (Å²) in [5, 5.41) is 0. The fourth-order valence-corrected chi connectivity index (χ4v) is 3.02. The highest BCUT2D eigenvalue weighted by molar-refractivity contribution is 5.78. The molecule has 0 aliphatic carbocycles. The molecule has 0 radical (unpaired) electrons. The molecule has 1 aromatic heterocycles. The molecule has 0 saturated carbocycles. The van der Waals surface area contributed by atoms with E-state index >= 15 is 0 Å². The molecular formula is C22H26N4O. The summed E-state index contributed by atoms with van der Waals surface area (Å²) in [5.74, 6) is 0.967. The van der Waals surface area contributed by atoms with Crippen LogP contribution >= 0.6 is 0 Å². The summed E-state index contributed by atoms with van der Waals surface area (Å²) in [6.07, 6.45) is 3.67. The molecule has 0 aliphatic heterocycles. The lowest BCUT2D eigenvalue weighted by atomic mass is 10.0. The van der Waals surface area contributed by atoms with Gasteiger partial charge in [-0.2, -0.15) is 0 Å². The summed E-state index contributed by atoms with van der Waals surface area (Å²) in [4.78, 5) is 20.9. The number of rotatable bonds is 7. The van der Waals surface area contributed by atoms with Crippen molar-refractivity contribution in [1.82, 2.24) is 19.4 Å². The molecule has 5 heteroatoms. The first kappa shape index (κ1) is 18.9. The highest BCUT2D eigenvalue weighted by Crippen LogP contribution is 2.21. The number of aromatic nitrogens is 2. The first-order valence-electron chi connectivity index (χ1n) is 9.06. The summed E-state index contributed by atoms with van der Waals surface area (Å²) in [7, 11) is 5.77. The van der Waals surface area contributed by atoms with E-state index in [1.54, 1.807) is 6.20 Å². The largest absolute Gasteiger partial charge is 0.337 e. The van der Waals surface area contributed by atoms with Crippen molar-refractivity contribution < 1.29 is 4.79 Å². The van der Waals surface area contributed by atoms with Gasteiger partial charge in [-0.05, 0) is 36.9 Å². The standard InChI is InChI=1S/C22H26N4O/c1-24(2)17-22(27)26(16-21-23-12-13-25(21)3)15-18-8-7-11-20(14-18)19-9-5-4-6-10-19/h4-14H,15-17H2,1-3H3. The molecule has 0 atom stereocenters.